The van der Waals surface area contributed by atoms with Crippen molar-refractivity contribution in [2.24, 2.45) is 0 Å². The summed E-state index contributed by atoms with van der Waals surface area (Å²) < 4.78 is 30.3. The van der Waals surface area contributed by atoms with Gasteiger partial charge in [0.1, 0.15) is 5.82 Å². The number of fused-ring (bicyclic) bond motifs is 1. The third-order valence-electron chi connectivity index (χ3n) is 5.07. The summed E-state index contributed by atoms with van der Waals surface area (Å²) in [6.45, 7) is 8.02. The fourth-order valence-electron chi connectivity index (χ4n) is 3.44. The monoisotopic (exact) mass is 436 g/mol. The van der Waals surface area contributed by atoms with E-state index in [2.05, 4.69) is 35.6 Å². The zero-order chi connectivity index (χ0) is 22.4. The lowest BCUT2D eigenvalue weighted by Gasteiger charge is -2.19. The maximum Gasteiger partial charge on any atom is 0.263 e. The highest BCUT2D eigenvalue weighted by Gasteiger charge is 2.20. The fraction of sp³-hybridized carbons (Fsp3) is 0.217. The van der Waals surface area contributed by atoms with Gasteiger partial charge in [0, 0.05) is 17.5 Å². The predicted molar refractivity (Wildman–Crippen MR) is 122 cm³/mol. The summed E-state index contributed by atoms with van der Waals surface area (Å²) in [7, 11) is -3.82. The molecule has 2 aromatic heterocycles. The Kier molecular flexibility index (Phi) is 4.97. The molecule has 0 aliphatic heterocycles. The number of rotatable bonds is 4. The second-order valence-corrected chi connectivity index (χ2v) is 10.2. The molecule has 4 rings (SSSR count). The molecule has 0 spiro atoms. The summed E-state index contributed by atoms with van der Waals surface area (Å²) in [4.78, 5) is 14.6. The van der Waals surface area contributed by atoms with Gasteiger partial charge in [0.05, 0.1) is 21.8 Å². The van der Waals surface area contributed by atoms with Crippen LogP contribution in [-0.4, -0.2) is 23.2 Å². The molecule has 0 bridgehead atoms. The van der Waals surface area contributed by atoms with Crippen molar-refractivity contribution < 1.29 is 8.42 Å². The number of hydrogen-bond donors (Lipinski definition) is 2. The fourth-order valence-corrected chi connectivity index (χ4v) is 4.47. The summed E-state index contributed by atoms with van der Waals surface area (Å²) in [5.74, 6) is 0.316. The number of hydrogen-bond acceptors (Lipinski definition) is 4. The largest absolute Gasteiger partial charge is 0.322 e. The minimum atomic E-state index is -3.82. The Balaban J connectivity index is 1.76. The van der Waals surface area contributed by atoms with Crippen LogP contribution < -0.4 is 10.3 Å². The lowest BCUT2D eigenvalue weighted by atomic mass is 9.87. The Labute approximate surface area is 180 Å². The van der Waals surface area contributed by atoms with Crippen LogP contribution >= 0.6 is 0 Å². The number of aromatic nitrogens is 3. The molecule has 7 nitrogen and oxygen atoms in total. The first-order chi connectivity index (χ1) is 14.5. The van der Waals surface area contributed by atoms with Gasteiger partial charge in [0.25, 0.3) is 10.0 Å². The topological polar surface area (TPSA) is 96.9 Å². The highest BCUT2D eigenvalue weighted by Crippen LogP contribution is 2.27. The van der Waals surface area contributed by atoms with Gasteiger partial charge >= 0.3 is 0 Å². The molecule has 4 aromatic rings. The van der Waals surface area contributed by atoms with Gasteiger partial charge in [-0.1, -0.05) is 39.0 Å². The average Bonchev–Trinajstić information content (AvgIpc) is 3.06. The average molecular weight is 437 g/mol. The van der Waals surface area contributed by atoms with Crippen LogP contribution in [0.25, 0.3) is 16.6 Å². The molecule has 2 heterocycles. The molecule has 0 amide bonds. The first-order valence-electron chi connectivity index (χ1n) is 9.87. The first kappa shape index (κ1) is 20.9. The minimum Gasteiger partial charge on any atom is -0.322 e. The first-order valence-corrected chi connectivity index (χ1v) is 11.4. The van der Waals surface area contributed by atoms with Gasteiger partial charge in [-0.3, -0.25) is 9.52 Å². The maximum atomic E-state index is 13.1. The van der Waals surface area contributed by atoms with E-state index in [1.54, 1.807) is 43.3 Å². The second kappa shape index (κ2) is 7.39. The summed E-state index contributed by atoms with van der Waals surface area (Å²) in [5.41, 5.74) is 2.73. The van der Waals surface area contributed by atoms with Gasteiger partial charge < -0.3 is 4.98 Å². The van der Waals surface area contributed by atoms with Gasteiger partial charge in [0.2, 0.25) is 5.56 Å². The van der Waals surface area contributed by atoms with Crippen LogP contribution in [-0.2, 0) is 15.4 Å². The smallest absolute Gasteiger partial charge is 0.263 e. The van der Waals surface area contributed by atoms with Crippen molar-refractivity contribution >= 4 is 26.7 Å². The molecule has 2 aromatic carbocycles. The van der Waals surface area contributed by atoms with Crippen molar-refractivity contribution in [2.75, 3.05) is 4.72 Å². The van der Waals surface area contributed by atoms with Crippen molar-refractivity contribution in [3.63, 3.8) is 0 Å². The molecule has 0 unspecified atom stereocenters. The van der Waals surface area contributed by atoms with Crippen molar-refractivity contribution in [2.45, 2.75) is 38.0 Å². The molecule has 2 N–H and O–H groups in total. The molecule has 0 aliphatic carbocycles. The van der Waals surface area contributed by atoms with E-state index < -0.39 is 10.0 Å². The molecule has 160 valence electrons. The Bertz CT molecular complexity index is 1430. The van der Waals surface area contributed by atoms with Crippen LogP contribution in [0.1, 0.15) is 32.0 Å². The van der Waals surface area contributed by atoms with Gasteiger partial charge in [-0.15, -0.1) is 0 Å². The van der Waals surface area contributed by atoms with Crippen LogP contribution in [0.3, 0.4) is 0 Å². The van der Waals surface area contributed by atoms with E-state index in [0.717, 1.165) is 10.9 Å². The quantitative estimate of drug-likeness (QED) is 0.503. The molecule has 8 heteroatoms. The SMILES string of the molecule is Cc1cc(NS(=O)(=O)c2ccc(C(C)(C)C)cc2)n(-c2cccc3[nH]c(=O)ccc23)n1. The standard InChI is InChI=1S/C23H24N4O3S/c1-15-14-21(26-31(29,30)17-10-8-16(9-11-17)23(2,3)4)27(25-15)20-7-5-6-19-18(20)12-13-22(28)24-19/h5-14,26H,1-4H3,(H,24,28). The number of nitrogens with one attached hydrogen (secondary N) is 2. The third-order valence-corrected chi connectivity index (χ3v) is 6.44. The minimum absolute atomic E-state index is 0.0687. The number of nitrogens with zero attached hydrogens (tertiary/aromatic N) is 2. The number of H-pyrrole nitrogens is 1. The third kappa shape index (κ3) is 4.11. The molecule has 31 heavy (non-hydrogen) atoms. The zero-order valence-electron chi connectivity index (χ0n) is 17.8. The summed E-state index contributed by atoms with van der Waals surface area (Å²) in [6.07, 6.45) is 0. The predicted octanol–water partition coefficient (Wildman–Crippen LogP) is 4.12. The number of pyridine rings is 1. The molecular weight excluding hydrogens is 412 g/mol. The molecule has 0 saturated carbocycles. The van der Waals surface area contributed by atoms with E-state index in [1.165, 1.54) is 10.7 Å². The number of aromatic amines is 1. The van der Waals surface area contributed by atoms with Crippen LogP contribution in [0.5, 0.6) is 0 Å². The van der Waals surface area contributed by atoms with E-state index in [4.69, 9.17) is 0 Å². The van der Waals surface area contributed by atoms with Gasteiger partial charge in [-0.2, -0.15) is 5.10 Å². The van der Waals surface area contributed by atoms with E-state index in [1.807, 2.05) is 18.2 Å². The van der Waals surface area contributed by atoms with Crippen LogP contribution in [0, 0.1) is 6.92 Å². The summed E-state index contributed by atoms with van der Waals surface area (Å²) >= 11 is 0. The van der Waals surface area contributed by atoms with Gasteiger partial charge in [-0.25, -0.2) is 13.1 Å². The van der Waals surface area contributed by atoms with Crippen LogP contribution in [0.2, 0.25) is 0 Å². The zero-order valence-corrected chi connectivity index (χ0v) is 18.6. The highest BCUT2D eigenvalue weighted by atomic mass is 32.2. The molecule has 0 fully saturated rings. The maximum absolute atomic E-state index is 13.1. The summed E-state index contributed by atoms with van der Waals surface area (Å²) in [6, 6.07) is 17.1. The second-order valence-electron chi connectivity index (χ2n) is 8.52. The number of sulfonamides is 1. The lowest BCUT2D eigenvalue weighted by Crippen LogP contribution is -2.17. The van der Waals surface area contributed by atoms with Gasteiger partial charge in [0.15, 0.2) is 0 Å². The van der Waals surface area contributed by atoms with Crippen LogP contribution in [0.4, 0.5) is 5.82 Å². The Morgan fingerprint density at radius 3 is 2.39 bits per heavy atom. The van der Waals surface area contributed by atoms with Crippen molar-refractivity contribution in [1.29, 1.82) is 0 Å². The number of benzene rings is 2. The van der Waals surface area contributed by atoms with E-state index in [0.29, 0.717) is 22.7 Å². The van der Waals surface area contributed by atoms with E-state index in [-0.39, 0.29) is 15.9 Å². The normalized spacial score (nSPS) is 12.3. The summed E-state index contributed by atoms with van der Waals surface area (Å²) in [5, 5.41) is 5.23. The number of anilines is 1. The van der Waals surface area contributed by atoms with Crippen molar-refractivity contribution in [1.82, 2.24) is 14.8 Å². The molecule has 0 saturated heterocycles. The highest BCUT2D eigenvalue weighted by molar-refractivity contribution is 7.92. The Morgan fingerprint density at radius 1 is 1.00 bits per heavy atom. The van der Waals surface area contributed by atoms with Crippen LogP contribution in [0.15, 0.2) is 70.4 Å². The Hall–Kier alpha value is -3.39. The molecule has 0 aliphatic rings. The van der Waals surface area contributed by atoms with E-state index >= 15 is 0 Å². The Morgan fingerprint density at radius 2 is 1.71 bits per heavy atom. The number of aryl methyl sites for hydroxylation is 1. The lowest BCUT2D eigenvalue weighted by molar-refractivity contribution is 0.587. The molecular formula is C23H24N4O3S. The molecule has 0 radical (unpaired) electrons. The molecule has 0 atom stereocenters. The van der Waals surface area contributed by atoms with Crippen molar-refractivity contribution in [3.8, 4) is 5.69 Å². The van der Waals surface area contributed by atoms with Gasteiger partial charge in [-0.05, 0) is 48.2 Å². The van der Waals surface area contributed by atoms with Crippen molar-refractivity contribution in [3.05, 3.63) is 82.3 Å². The van der Waals surface area contributed by atoms with E-state index in [9.17, 15) is 13.2 Å².